The van der Waals surface area contributed by atoms with Crippen LogP contribution in [-0.4, -0.2) is 29.6 Å². The van der Waals surface area contributed by atoms with Gasteiger partial charge < -0.3 is 10.1 Å². The molecule has 0 aromatic heterocycles. The Labute approximate surface area is 122 Å². The van der Waals surface area contributed by atoms with E-state index in [1.807, 2.05) is 24.3 Å². The Morgan fingerprint density at radius 3 is 2.85 bits per heavy atom. The van der Waals surface area contributed by atoms with Crippen molar-refractivity contribution in [2.24, 2.45) is 10.2 Å². The number of ether oxygens (including phenoxy) is 1. The first-order valence-electron chi connectivity index (χ1n) is 6.54. The standard InChI is InChI=1S/C14H17N3O2S/c1-2-3-8-19-12-6-4-11(5-7-12)9-15-17-14-16-13(18)10-20-14/h4-7,9H,2-3,8,10H2,1H3,(H,16,17,18). The number of hydrogen-bond acceptors (Lipinski definition) is 5. The third-order valence-electron chi connectivity index (χ3n) is 2.59. The van der Waals surface area contributed by atoms with Gasteiger partial charge in [0.05, 0.1) is 18.6 Å². The maximum absolute atomic E-state index is 11.0. The van der Waals surface area contributed by atoms with E-state index in [0.29, 0.717) is 10.9 Å². The molecular formula is C14H17N3O2S. The van der Waals surface area contributed by atoms with Gasteiger partial charge in [0.15, 0.2) is 5.17 Å². The van der Waals surface area contributed by atoms with Crippen molar-refractivity contribution in [3.05, 3.63) is 29.8 Å². The van der Waals surface area contributed by atoms with Crippen molar-refractivity contribution in [2.75, 3.05) is 12.4 Å². The summed E-state index contributed by atoms with van der Waals surface area (Å²) in [6.07, 6.45) is 3.83. The van der Waals surface area contributed by atoms with E-state index >= 15 is 0 Å². The van der Waals surface area contributed by atoms with Crippen molar-refractivity contribution < 1.29 is 9.53 Å². The van der Waals surface area contributed by atoms with E-state index in [9.17, 15) is 4.79 Å². The van der Waals surface area contributed by atoms with Crippen LogP contribution >= 0.6 is 11.8 Å². The van der Waals surface area contributed by atoms with Crippen molar-refractivity contribution in [3.8, 4) is 5.75 Å². The number of unbranched alkanes of at least 4 members (excludes halogenated alkanes) is 1. The van der Waals surface area contributed by atoms with Gasteiger partial charge in [-0.2, -0.15) is 5.10 Å². The fraction of sp³-hybridized carbons (Fsp3) is 0.357. The Kier molecular flexibility index (Phi) is 5.61. The molecule has 0 aliphatic carbocycles. The van der Waals surface area contributed by atoms with E-state index in [1.165, 1.54) is 11.8 Å². The second kappa shape index (κ2) is 7.69. The molecule has 1 amide bonds. The third kappa shape index (κ3) is 4.70. The largest absolute Gasteiger partial charge is 0.494 e. The van der Waals surface area contributed by atoms with E-state index in [-0.39, 0.29) is 5.91 Å². The van der Waals surface area contributed by atoms with Crippen LogP contribution in [0, 0.1) is 0 Å². The molecule has 6 heteroatoms. The van der Waals surface area contributed by atoms with Crippen molar-refractivity contribution in [3.63, 3.8) is 0 Å². The van der Waals surface area contributed by atoms with Crippen LogP contribution in [0.2, 0.25) is 0 Å². The Hall–Kier alpha value is -1.82. The summed E-state index contributed by atoms with van der Waals surface area (Å²) in [6.45, 7) is 2.88. The van der Waals surface area contributed by atoms with E-state index in [2.05, 4.69) is 22.4 Å². The number of amidine groups is 1. The van der Waals surface area contributed by atoms with Crippen LogP contribution in [0.4, 0.5) is 0 Å². The van der Waals surface area contributed by atoms with Gasteiger partial charge in [0.1, 0.15) is 5.75 Å². The molecule has 0 bridgehead atoms. The van der Waals surface area contributed by atoms with E-state index < -0.39 is 0 Å². The Morgan fingerprint density at radius 1 is 1.40 bits per heavy atom. The van der Waals surface area contributed by atoms with Gasteiger partial charge in [0.2, 0.25) is 5.91 Å². The van der Waals surface area contributed by atoms with Crippen LogP contribution < -0.4 is 10.1 Å². The van der Waals surface area contributed by atoms with Gasteiger partial charge in [-0.05, 0) is 36.2 Å². The summed E-state index contributed by atoms with van der Waals surface area (Å²) in [6, 6.07) is 7.67. The van der Waals surface area contributed by atoms with Crippen molar-refractivity contribution in [1.29, 1.82) is 0 Å². The number of nitrogens with zero attached hydrogens (tertiary/aromatic N) is 2. The number of amides is 1. The molecule has 106 valence electrons. The molecule has 20 heavy (non-hydrogen) atoms. The fourth-order valence-corrected chi connectivity index (χ4v) is 2.14. The highest BCUT2D eigenvalue weighted by atomic mass is 32.2. The quantitative estimate of drug-likeness (QED) is 0.497. The number of rotatable bonds is 6. The summed E-state index contributed by atoms with van der Waals surface area (Å²) >= 11 is 1.35. The highest BCUT2D eigenvalue weighted by Crippen LogP contribution is 2.12. The zero-order valence-corrected chi connectivity index (χ0v) is 12.2. The van der Waals surface area contributed by atoms with Crippen LogP contribution in [0.1, 0.15) is 25.3 Å². The topological polar surface area (TPSA) is 63.1 Å². The number of nitrogens with one attached hydrogen (secondary N) is 1. The predicted molar refractivity (Wildman–Crippen MR) is 82.5 cm³/mol. The predicted octanol–water partition coefficient (Wildman–Crippen LogP) is 2.42. The Balaban J connectivity index is 1.85. The summed E-state index contributed by atoms with van der Waals surface area (Å²) < 4.78 is 5.58. The van der Waals surface area contributed by atoms with Gasteiger partial charge in [-0.3, -0.25) is 4.79 Å². The molecule has 0 atom stereocenters. The van der Waals surface area contributed by atoms with Gasteiger partial charge in [-0.15, -0.1) is 5.10 Å². The highest BCUT2D eigenvalue weighted by molar-refractivity contribution is 8.15. The summed E-state index contributed by atoms with van der Waals surface area (Å²) in [4.78, 5) is 11.0. The first kappa shape index (κ1) is 14.6. The summed E-state index contributed by atoms with van der Waals surface area (Å²) in [7, 11) is 0. The lowest BCUT2D eigenvalue weighted by molar-refractivity contribution is -0.116. The van der Waals surface area contributed by atoms with Gasteiger partial charge in [0, 0.05) is 0 Å². The first-order valence-corrected chi connectivity index (χ1v) is 7.53. The normalized spacial score (nSPS) is 16.9. The van der Waals surface area contributed by atoms with Gasteiger partial charge >= 0.3 is 0 Å². The molecule has 1 aliphatic heterocycles. The maximum Gasteiger partial charge on any atom is 0.236 e. The van der Waals surface area contributed by atoms with Crippen LogP contribution in [-0.2, 0) is 4.79 Å². The highest BCUT2D eigenvalue weighted by Gasteiger charge is 2.15. The van der Waals surface area contributed by atoms with E-state index in [4.69, 9.17) is 4.74 Å². The first-order chi connectivity index (χ1) is 9.78. The minimum absolute atomic E-state index is 0.0301. The monoisotopic (exact) mass is 291 g/mol. The lowest BCUT2D eigenvalue weighted by atomic mass is 10.2. The van der Waals surface area contributed by atoms with Crippen LogP contribution in [0.25, 0.3) is 0 Å². The average Bonchev–Trinajstić information content (AvgIpc) is 2.87. The lowest BCUT2D eigenvalue weighted by Gasteiger charge is -2.04. The second-order valence-electron chi connectivity index (χ2n) is 4.26. The molecule has 1 aliphatic rings. The minimum Gasteiger partial charge on any atom is -0.494 e. The zero-order chi connectivity index (χ0) is 14.2. The molecule has 2 rings (SSSR count). The van der Waals surface area contributed by atoms with Gasteiger partial charge in [0.25, 0.3) is 0 Å². The lowest BCUT2D eigenvalue weighted by Crippen LogP contribution is -2.19. The molecule has 1 aromatic carbocycles. The van der Waals surface area contributed by atoms with Crippen LogP contribution in [0.5, 0.6) is 5.75 Å². The summed E-state index contributed by atoms with van der Waals surface area (Å²) in [5, 5.41) is 11.1. The fourth-order valence-electron chi connectivity index (χ4n) is 1.51. The zero-order valence-electron chi connectivity index (χ0n) is 11.3. The molecule has 1 saturated heterocycles. The third-order valence-corrected chi connectivity index (χ3v) is 3.45. The molecule has 1 N–H and O–H groups in total. The molecular weight excluding hydrogens is 274 g/mol. The average molecular weight is 291 g/mol. The number of carbonyl (C=O) groups excluding carboxylic acids is 1. The maximum atomic E-state index is 11.0. The minimum atomic E-state index is -0.0301. The van der Waals surface area contributed by atoms with Crippen LogP contribution in [0.15, 0.2) is 34.5 Å². The van der Waals surface area contributed by atoms with E-state index in [0.717, 1.165) is 30.8 Å². The van der Waals surface area contributed by atoms with Crippen LogP contribution in [0.3, 0.4) is 0 Å². The molecule has 5 nitrogen and oxygen atoms in total. The van der Waals surface area contributed by atoms with Crippen molar-refractivity contribution >= 4 is 29.1 Å². The molecule has 1 aromatic rings. The molecule has 0 saturated carbocycles. The number of benzene rings is 1. The smallest absolute Gasteiger partial charge is 0.236 e. The molecule has 0 unspecified atom stereocenters. The number of thioether (sulfide) groups is 1. The molecule has 1 heterocycles. The van der Waals surface area contributed by atoms with E-state index in [1.54, 1.807) is 6.21 Å². The van der Waals surface area contributed by atoms with Crippen molar-refractivity contribution in [1.82, 2.24) is 5.32 Å². The molecule has 1 fully saturated rings. The SMILES string of the molecule is CCCCOc1ccc(C=NN=C2NC(=O)CS2)cc1. The number of carbonyl (C=O) groups is 1. The Morgan fingerprint density at radius 2 is 2.20 bits per heavy atom. The summed E-state index contributed by atoms with van der Waals surface area (Å²) in [5.41, 5.74) is 0.937. The van der Waals surface area contributed by atoms with Gasteiger partial charge in [-0.25, -0.2) is 0 Å². The molecule has 0 spiro atoms. The van der Waals surface area contributed by atoms with Crippen molar-refractivity contribution in [2.45, 2.75) is 19.8 Å². The summed E-state index contributed by atoms with van der Waals surface area (Å²) in [5.74, 6) is 1.25. The van der Waals surface area contributed by atoms with Gasteiger partial charge in [-0.1, -0.05) is 25.1 Å². The molecule has 0 radical (unpaired) electrons. The number of hydrogen-bond donors (Lipinski definition) is 1. The Bertz CT molecular complexity index is 512. The second-order valence-corrected chi connectivity index (χ2v) is 5.22.